The molecule has 0 aliphatic heterocycles. The monoisotopic (exact) mass is 427 g/mol. The van der Waals surface area contributed by atoms with Crippen LogP contribution in [0.5, 0.6) is 0 Å². The summed E-state index contributed by atoms with van der Waals surface area (Å²) in [7, 11) is 4.07. The van der Waals surface area contributed by atoms with Crippen molar-refractivity contribution < 1.29 is 9.21 Å². The van der Waals surface area contributed by atoms with Gasteiger partial charge in [-0.2, -0.15) is 0 Å². The van der Waals surface area contributed by atoms with Gasteiger partial charge in [-0.15, -0.1) is 10.2 Å². The molecule has 0 saturated heterocycles. The van der Waals surface area contributed by atoms with Crippen LogP contribution in [0.4, 0.5) is 0 Å². The van der Waals surface area contributed by atoms with E-state index in [0.29, 0.717) is 29.8 Å². The summed E-state index contributed by atoms with van der Waals surface area (Å²) in [6.07, 6.45) is 1.62. The minimum absolute atomic E-state index is 0.00359. The lowest BCUT2D eigenvalue weighted by molar-refractivity contribution is -0.119. The number of nitrogens with zero attached hydrogens (tertiary/aromatic N) is 4. The van der Waals surface area contributed by atoms with E-state index in [0.717, 1.165) is 12.1 Å². The van der Waals surface area contributed by atoms with Gasteiger partial charge in [-0.05, 0) is 37.2 Å². The molecule has 0 unspecified atom stereocenters. The Balaban J connectivity index is 1.67. The van der Waals surface area contributed by atoms with E-state index >= 15 is 0 Å². The lowest BCUT2D eigenvalue weighted by Crippen LogP contribution is -2.40. The number of benzene rings is 1. The number of rotatable bonds is 10. The number of carbonyl (C=O) groups excluding carboxylic acids is 1. The smallest absolute Gasteiger partial charge is 0.230 e. The summed E-state index contributed by atoms with van der Waals surface area (Å²) >= 11 is 1.38. The second-order valence-corrected chi connectivity index (χ2v) is 9.27. The van der Waals surface area contributed by atoms with E-state index in [1.807, 2.05) is 49.0 Å². The molecule has 2 heterocycles. The van der Waals surface area contributed by atoms with E-state index in [1.165, 1.54) is 11.8 Å². The Bertz CT molecular complexity index is 936. The Morgan fingerprint density at radius 1 is 1.17 bits per heavy atom. The number of hydrogen-bond acceptors (Lipinski definition) is 6. The zero-order chi connectivity index (χ0) is 21.6. The Morgan fingerprint density at radius 2 is 1.93 bits per heavy atom. The van der Waals surface area contributed by atoms with Gasteiger partial charge in [-0.1, -0.05) is 55.9 Å². The highest BCUT2D eigenvalue weighted by molar-refractivity contribution is 7.99. The third-order valence-electron chi connectivity index (χ3n) is 4.48. The van der Waals surface area contributed by atoms with Crippen LogP contribution in [0, 0.1) is 5.41 Å². The molecule has 0 bridgehead atoms. The summed E-state index contributed by atoms with van der Waals surface area (Å²) in [5.41, 5.74) is 1.13. The Hall–Kier alpha value is -2.58. The zero-order valence-corrected chi connectivity index (χ0v) is 18.8. The van der Waals surface area contributed by atoms with Crippen molar-refractivity contribution in [3.8, 4) is 11.6 Å². The predicted molar refractivity (Wildman–Crippen MR) is 119 cm³/mol. The highest BCUT2D eigenvalue weighted by atomic mass is 32.2. The molecule has 1 N–H and O–H groups in total. The van der Waals surface area contributed by atoms with Gasteiger partial charge in [-0.3, -0.25) is 9.36 Å². The fraction of sp³-hybridized carbons (Fsp3) is 0.409. The molecular formula is C22H29N5O2S. The Labute approximate surface area is 181 Å². The Kier molecular flexibility index (Phi) is 7.33. The average Bonchev–Trinajstić information content (AvgIpc) is 3.35. The van der Waals surface area contributed by atoms with Gasteiger partial charge >= 0.3 is 0 Å². The van der Waals surface area contributed by atoms with Gasteiger partial charge in [-0.25, -0.2) is 0 Å². The van der Waals surface area contributed by atoms with Gasteiger partial charge < -0.3 is 14.6 Å². The first-order valence-electron chi connectivity index (χ1n) is 9.89. The number of hydrogen-bond donors (Lipinski definition) is 1. The molecule has 8 heteroatoms. The molecule has 0 aliphatic rings. The minimum Gasteiger partial charge on any atom is -0.461 e. The molecule has 2 aromatic heterocycles. The molecule has 0 atom stereocenters. The maximum Gasteiger partial charge on any atom is 0.230 e. The normalized spacial score (nSPS) is 11.8. The van der Waals surface area contributed by atoms with Crippen molar-refractivity contribution >= 4 is 17.7 Å². The highest BCUT2D eigenvalue weighted by Gasteiger charge is 2.21. The average molecular weight is 428 g/mol. The molecule has 3 rings (SSSR count). The highest BCUT2D eigenvalue weighted by Crippen LogP contribution is 2.25. The van der Waals surface area contributed by atoms with Crippen LogP contribution in [0.1, 0.15) is 19.4 Å². The van der Waals surface area contributed by atoms with Crippen molar-refractivity contribution in [3.63, 3.8) is 0 Å². The summed E-state index contributed by atoms with van der Waals surface area (Å²) in [5.74, 6) is 1.57. The summed E-state index contributed by atoms with van der Waals surface area (Å²) in [5, 5.41) is 12.4. The third kappa shape index (κ3) is 6.21. The zero-order valence-electron chi connectivity index (χ0n) is 18.0. The minimum atomic E-state index is -0.0133. The lowest BCUT2D eigenvalue weighted by Gasteiger charge is -2.28. The van der Waals surface area contributed by atoms with E-state index in [-0.39, 0.29) is 17.1 Å². The van der Waals surface area contributed by atoms with Crippen LogP contribution in [-0.4, -0.2) is 58.5 Å². The van der Waals surface area contributed by atoms with E-state index in [4.69, 9.17) is 4.42 Å². The van der Waals surface area contributed by atoms with Gasteiger partial charge in [0.25, 0.3) is 0 Å². The number of furan rings is 1. The maximum absolute atomic E-state index is 12.4. The molecule has 1 aromatic carbocycles. The first-order chi connectivity index (χ1) is 14.3. The quantitative estimate of drug-likeness (QED) is 0.500. The van der Waals surface area contributed by atoms with Gasteiger partial charge in [0.15, 0.2) is 10.9 Å². The first kappa shape index (κ1) is 22.1. The maximum atomic E-state index is 12.4. The number of aromatic nitrogens is 3. The van der Waals surface area contributed by atoms with Gasteiger partial charge in [0.2, 0.25) is 11.7 Å². The van der Waals surface area contributed by atoms with Crippen LogP contribution >= 0.6 is 11.8 Å². The van der Waals surface area contributed by atoms with Crippen molar-refractivity contribution in [2.45, 2.75) is 25.5 Å². The molecule has 30 heavy (non-hydrogen) atoms. The predicted octanol–water partition coefficient (Wildman–Crippen LogP) is 3.38. The van der Waals surface area contributed by atoms with E-state index in [1.54, 1.807) is 6.26 Å². The van der Waals surface area contributed by atoms with Gasteiger partial charge in [0.1, 0.15) is 0 Å². The molecule has 0 radical (unpaired) electrons. The molecule has 1 amide bonds. The number of nitrogens with one attached hydrogen (secondary N) is 1. The standard InChI is InChI=1S/C22H29N5O2S/c1-22(2,16-26(3)4)15-23-19(28)14-30-21-25-24-20(18-11-8-12-29-18)27(21)13-17-9-6-5-7-10-17/h5-12H,13-16H2,1-4H3,(H,23,28). The SMILES string of the molecule is CN(C)CC(C)(C)CNC(=O)CSc1nnc(-c2ccco2)n1Cc1ccccc1. The van der Waals surface area contributed by atoms with Crippen LogP contribution in [0.3, 0.4) is 0 Å². The summed E-state index contributed by atoms with van der Waals surface area (Å²) in [6.45, 7) is 6.42. The molecule has 160 valence electrons. The molecule has 0 aliphatic carbocycles. The van der Waals surface area contributed by atoms with E-state index in [2.05, 4.69) is 46.4 Å². The molecule has 7 nitrogen and oxygen atoms in total. The third-order valence-corrected chi connectivity index (χ3v) is 5.45. The van der Waals surface area contributed by atoms with Crippen LogP contribution in [-0.2, 0) is 11.3 Å². The molecular weight excluding hydrogens is 398 g/mol. The fourth-order valence-corrected chi connectivity index (χ4v) is 4.09. The van der Waals surface area contributed by atoms with Crippen molar-refractivity contribution in [2.24, 2.45) is 5.41 Å². The number of thioether (sulfide) groups is 1. The van der Waals surface area contributed by atoms with Gasteiger partial charge in [0.05, 0.1) is 18.6 Å². The number of amides is 1. The van der Waals surface area contributed by atoms with Crippen molar-refractivity contribution in [1.82, 2.24) is 25.0 Å². The summed E-state index contributed by atoms with van der Waals surface area (Å²) < 4.78 is 7.52. The van der Waals surface area contributed by atoms with Crippen LogP contribution < -0.4 is 5.32 Å². The fourth-order valence-electron chi connectivity index (χ4n) is 3.32. The Morgan fingerprint density at radius 3 is 2.60 bits per heavy atom. The van der Waals surface area contributed by atoms with Crippen LogP contribution in [0.25, 0.3) is 11.6 Å². The first-order valence-corrected chi connectivity index (χ1v) is 10.9. The summed E-state index contributed by atoms with van der Waals surface area (Å²) in [4.78, 5) is 14.6. The van der Waals surface area contributed by atoms with Crippen LogP contribution in [0.15, 0.2) is 58.3 Å². The lowest BCUT2D eigenvalue weighted by atomic mass is 9.93. The summed E-state index contributed by atoms with van der Waals surface area (Å²) in [6, 6.07) is 13.8. The molecule has 3 aromatic rings. The van der Waals surface area contributed by atoms with Gasteiger partial charge in [0, 0.05) is 13.1 Å². The van der Waals surface area contributed by atoms with Crippen molar-refractivity contribution in [1.29, 1.82) is 0 Å². The van der Waals surface area contributed by atoms with E-state index in [9.17, 15) is 4.79 Å². The molecule has 0 saturated carbocycles. The topological polar surface area (TPSA) is 76.2 Å². The van der Waals surface area contributed by atoms with Crippen molar-refractivity contribution in [3.05, 3.63) is 54.3 Å². The van der Waals surface area contributed by atoms with Crippen molar-refractivity contribution in [2.75, 3.05) is 32.9 Å². The second kappa shape index (κ2) is 9.95. The van der Waals surface area contributed by atoms with Crippen LogP contribution in [0.2, 0.25) is 0 Å². The largest absolute Gasteiger partial charge is 0.461 e. The van der Waals surface area contributed by atoms with E-state index < -0.39 is 0 Å². The molecule has 0 spiro atoms. The second-order valence-electron chi connectivity index (χ2n) is 8.32. The molecule has 0 fully saturated rings. The number of carbonyl (C=O) groups is 1.